The fourth-order valence-electron chi connectivity index (χ4n) is 2.06. The summed E-state index contributed by atoms with van der Waals surface area (Å²) in [4.78, 5) is 12.5. The van der Waals surface area contributed by atoms with E-state index >= 15 is 0 Å². The number of carbonyl (C=O) groups is 1. The third-order valence-electron chi connectivity index (χ3n) is 3.23. The minimum atomic E-state index is -4.96. The zero-order valence-corrected chi connectivity index (χ0v) is 14.6. The van der Waals surface area contributed by atoms with Crippen LogP contribution < -0.4 is 0 Å². The fourth-order valence-corrected chi connectivity index (χ4v) is 3.36. The Labute approximate surface area is 139 Å². The van der Waals surface area contributed by atoms with Crippen molar-refractivity contribution in [2.75, 3.05) is 14.1 Å². The van der Waals surface area contributed by atoms with E-state index in [-0.39, 0.29) is 10.5 Å². The van der Waals surface area contributed by atoms with E-state index in [1.807, 2.05) is 0 Å². The zero-order valence-electron chi connectivity index (χ0n) is 13.8. The predicted octanol–water partition coefficient (Wildman–Crippen LogP) is 2.76. The molecule has 1 aromatic rings. The van der Waals surface area contributed by atoms with E-state index in [1.165, 1.54) is 43.0 Å². The van der Waals surface area contributed by atoms with Gasteiger partial charge >= 0.3 is 6.18 Å². The summed E-state index contributed by atoms with van der Waals surface area (Å²) in [6.45, 7) is 2.78. The van der Waals surface area contributed by atoms with Crippen LogP contribution in [0.4, 0.5) is 13.2 Å². The zero-order chi connectivity index (χ0) is 18.8. The van der Waals surface area contributed by atoms with E-state index in [0.29, 0.717) is 0 Å². The number of rotatable bonds is 6. The Bertz CT molecular complexity index is 739. The van der Waals surface area contributed by atoms with Gasteiger partial charge in [0.2, 0.25) is 5.78 Å². The van der Waals surface area contributed by atoms with Crippen LogP contribution in [0.2, 0.25) is 0 Å². The van der Waals surface area contributed by atoms with Gasteiger partial charge in [-0.2, -0.15) is 21.6 Å². The van der Waals surface area contributed by atoms with E-state index in [0.717, 1.165) is 6.34 Å². The lowest BCUT2D eigenvalue weighted by molar-refractivity contribution is -0.172. The molecule has 0 bridgehead atoms. The van der Waals surface area contributed by atoms with Crippen molar-refractivity contribution in [3.8, 4) is 0 Å². The monoisotopic (exact) mass is 364 g/mol. The van der Waals surface area contributed by atoms with E-state index < -0.39 is 33.8 Å². The minimum Gasteiger partial charge on any atom is -0.368 e. The molecule has 0 spiro atoms. The van der Waals surface area contributed by atoms with Crippen LogP contribution in [0.3, 0.4) is 0 Å². The molecule has 0 unspecified atom stereocenters. The quantitative estimate of drug-likeness (QED) is 0.575. The summed E-state index contributed by atoms with van der Waals surface area (Å²) in [7, 11) is -0.945. The molecule has 0 aliphatic rings. The molecule has 0 saturated heterocycles. The second-order valence-corrected chi connectivity index (χ2v) is 7.74. The third kappa shape index (κ3) is 5.05. The molecule has 0 saturated carbocycles. The first-order chi connectivity index (χ1) is 10.8. The standard InChI is InChI=1S/C15H19F3N2O3S/c1-14(2,9-13(21)15(16,17)18)11-7-5-6-8-12(11)24(22,23)19-10-20(3)4/h5-8,10H,9H2,1-4H3/b19-10+. The molecule has 0 radical (unpaired) electrons. The van der Waals surface area contributed by atoms with E-state index in [9.17, 15) is 26.4 Å². The largest absolute Gasteiger partial charge is 0.450 e. The molecule has 1 aromatic carbocycles. The molecule has 0 N–H and O–H groups in total. The molecule has 0 fully saturated rings. The van der Waals surface area contributed by atoms with Crippen molar-refractivity contribution in [2.24, 2.45) is 4.40 Å². The topological polar surface area (TPSA) is 66.8 Å². The summed E-state index contributed by atoms with van der Waals surface area (Å²) in [6, 6.07) is 5.60. The van der Waals surface area contributed by atoms with Crippen LogP contribution in [0.25, 0.3) is 0 Å². The van der Waals surface area contributed by atoms with Crippen LogP contribution in [-0.2, 0) is 20.2 Å². The average molecular weight is 364 g/mol. The number of sulfonamides is 1. The first-order valence-electron chi connectivity index (χ1n) is 6.94. The van der Waals surface area contributed by atoms with Crippen LogP contribution in [0, 0.1) is 0 Å². The highest BCUT2D eigenvalue weighted by molar-refractivity contribution is 7.90. The molecule has 1 rings (SSSR count). The Kier molecular flexibility index (Phi) is 5.81. The van der Waals surface area contributed by atoms with Gasteiger partial charge in [0.05, 0.1) is 4.90 Å². The number of Topliss-reactive ketones (excluding diaryl/α,β-unsaturated/α-hetero) is 1. The maximum absolute atomic E-state index is 12.5. The molecule has 0 atom stereocenters. The number of alkyl halides is 3. The summed E-state index contributed by atoms with van der Waals surface area (Å²) in [6.07, 6.45) is -4.74. The summed E-state index contributed by atoms with van der Waals surface area (Å²) < 4.78 is 65.8. The van der Waals surface area contributed by atoms with Gasteiger partial charge in [-0.1, -0.05) is 32.0 Å². The van der Waals surface area contributed by atoms with Gasteiger partial charge in [0.1, 0.15) is 6.34 Å². The summed E-state index contributed by atoms with van der Waals surface area (Å²) in [5.41, 5.74) is -1.22. The molecular formula is C15H19F3N2O3S. The number of ketones is 1. The van der Waals surface area contributed by atoms with Crippen molar-refractivity contribution >= 4 is 22.1 Å². The SMILES string of the molecule is CN(C)/C=N/S(=O)(=O)c1ccccc1C(C)(C)CC(=O)C(F)(F)F. The Morgan fingerprint density at radius 1 is 1.21 bits per heavy atom. The molecule has 0 aromatic heterocycles. The molecule has 0 heterocycles. The van der Waals surface area contributed by atoms with E-state index in [2.05, 4.69) is 4.40 Å². The van der Waals surface area contributed by atoms with Gasteiger partial charge in [-0.15, -0.1) is 4.40 Å². The van der Waals surface area contributed by atoms with Gasteiger partial charge in [-0.3, -0.25) is 4.79 Å². The first-order valence-corrected chi connectivity index (χ1v) is 8.38. The van der Waals surface area contributed by atoms with Crippen molar-refractivity contribution in [1.82, 2.24) is 4.90 Å². The molecule has 5 nitrogen and oxygen atoms in total. The molecular weight excluding hydrogens is 345 g/mol. The highest BCUT2D eigenvalue weighted by Gasteiger charge is 2.42. The van der Waals surface area contributed by atoms with Crippen LogP contribution in [-0.4, -0.2) is 45.7 Å². The van der Waals surface area contributed by atoms with Gasteiger partial charge in [0, 0.05) is 20.5 Å². The fraction of sp³-hybridized carbons (Fsp3) is 0.467. The van der Waals surface area contributed by atoms with Crippen LogP contribution in [0.5, 0.6) is 0 Å². The number of halogens is 3. The average Bonchev–Trinajstić information content (AvgIpc) is 2.44. The van der Waals surface area contributed by atoms with Gasteiger partial charge in [0.15, 0.2) is 0 Å². The maximum Gasteiger partial charge on any atom is 0.450 e. The Morgan fingerprint density at radius 3 is 2.25 bits per heavy atom. The van der Waals surface area contributed by atoms with Crippen LogP contribution in [0.1, 0.15) is 25.8 Å². The van der Waals surface area contributed by atoms with E-state index in [4.69, 9.17) is 0 Å². The van der Waals surface area contributed by atoms with Gasteiger partial charge in [-0.25, -0.2) is 0 Å². The van der Waals surface area contributed by atoms with Crippen LogP contribution in [0.15, 0.2) is 33.6 Å². The molecule has 134 valence electrons. The van der Waals surface area contributed by atoms with Crippen molar-refractivity contribution in [3.05, 3.63) is 29.8 Å². The van der Waals surface area contributed by atoms with Gasteiger partial charge < -0.3 is 4.90 Å². The minimum absolute atomic E-state index is 0.110. The second-order valence-electron chi connectivity index (χ2n) is 6.14. The smallest absolute Gasteiger partial charge is 0.368 e. The lowest BCUT2D eigenvalue weighted by atomic mass is 9.80. The number of benzene rings is 1. The summed E-state index contributed by atoms with van der Waals surface area (Å²) in [5.74, 6) is -1.91. The lowest BCUT2D eigenvalue weighted by Crippen LogP contribution is -2.31. The highest BCUT2D eigenvalue weighted by atomic mass is 32.2. The number of nitrogens with zero attached hydrogens (tertiary/aromatic N) is 2. The maximum atomic E-state index is 12.5. The number of hydrogen-bond donors (Lipinski definition) is 0. The Balaban J connectivity index is 3.34. The van der Waals surface area contributed by atoms with Crippen molar-refractivity contribution in [3.63, 3.8) is 0 Å². The Hall–Kier alpha value is -1.90. The van der Waals surface area contributed by atoms with E-state index in [1.54, 1.807) is 14.1 Å². The van der Waals surface area contributed by atoms with Gasteiger partial charge in [0.25, 0.3) is 10.0 Å². The Morgan fingerprint density at radius 2 is 1.75 bits per heavy atom. The van der Waals surface area contributed by atoms with Crippen molar-refractivity contribution in [1.29, 1.82) is 0 Å². The van der Waals surface area contributed by atoms with Gasteiger partial charge in [-0.05, 0) is 17.0 Å². The summed E-state index contributed by atoms with van der Waals surface area (Å²) >= 11 is 0. The van der Waals surface area contributed by atoms with Crippen LogP contribution >= 0.6 is 0 Å². The lowest BCUT2D eigenvalue weighted by Gasteiger charge is -2.26. The predicted molar refractivity (Wildman–Crippen MR) is 84.5 cm³/mol. The van der Waals surface area contributed by atoms with Crippen molar-refractivity contribution < 1.29 is 26.4 Å². The third-order valence-corrected chi connectivity index (χ3v) is 4.51. The highest BCUT2D eigenvalue weighted by Crippen LogP contribution is 2.35. The molecule has 24 heavy (non-hydrogen) atoms. The first kappa shape index (κ1) is 20.1. The molecule has 0 aliphatic carbocycles. The molecule has 0 amide bonds. The molecule has 9 heteroatoms. The normalized spacial score (nSPS) is 13.3. The number of hydrogen-bond acceptors (Lipinski definition) is 3. The number of carbonyl (C=O) groups excluding carboxylic acids is 1. The molecule has 0 aliphatic heterocycles. The second kappa shape index (κ2) is 6.92. The summed E-state index contributed by atoms with van der Waals surface area (Å²) in [5, 5.41) is 0. The van der Waals surface area contributed by atoms with Crippen molar-refractivity contribution in [2.45, 2.75) is 36.8 Å².